The van der Waals surface area contributed by atoms with Crippen molar-refractivity contribution in [2.24, 2.45) is 17.8 Å². The van der Waals surface area contributed by atoms with Crippen molar-refractivity contribution in [2.75, 3.05) is 17.2 Å². The predicted octanol–water partition coefficient (Wildman–Crippen LogP) is 2.46. The lowest BCUT2D eigenvalue weighted by Gasteiger charge is -2.10. The molecule has 3 atom stereocenters. The van der Waals surface area contributed by atoms with E-state index in [4.69, 9.17) is 11.6 Å². The SMILES string of the molecule is O=C(Nc1ccc(-n2ccccc2=O)cc1F)[C@@H]1[C@H](CO)[C@@H]1C(=O)Nc1ccc(Cl)cn1. The molecule has 10 heteroatoms. The maximum atomic E-state index is 14.6. The summed E-state index contributed by atoms with van der Waals surface area (Å²) in [7, 11) is 0. The molecule has 3 N–H and O–H groups in total. The molecule has 0 spiro atoms. The maximum absolute atomic E-state index is 14.6. The molecule has 0 aliphatic heterocycles. The largest absolute Gasteiger partial charge is 0.396 e. The second-order valence-corrected chi connectivity index (χ2v) is 7.75. The molecular weight excluding hydrogens is 439 g/mol. The summed E-state index contributed by atoms with van der Waals surface area (Å²) >= 11 is 5.77. The first-order valence-electron chi connectivity index (χ1n) is 9.71. The zero-order chi connectivity index (χ0) is 22.8. The van der Waals surface area contributed by atoms with Crippen LogP contribution in [-0.2, 0) is 9.59 Å². The van der Waals surface area contributed by atoms with Crippen LogP contribution in [0.5, 0.6) is 0 Å². The minimum atomic E-state index is -0.817. The summed E-state index contributed by atoms with van der Waals surface area (Å²) in [5.41, 5.74) is -0.111. The number of benzene rings is 1. The van der Waals surface area contributed by atoms with Gasteiger partial charge in [-0.05, 0) is 30.3 Å². The van der Waals surface area contributed by atoms with Gasteiger partial charge in [0, 0.05) is 37.1 Å². The number of pyridine rings is 2. The molecule has 3 aromatic rings. The van der Waals surface area contributed by atoms with Gasteiger partial charge >= 0.3 is 0 Å². The third-order valence-electron chi connectivity index (χ3n) is 5.27. The van der Waals surface area contributed by atoms with Gasteiger partial charge in [0.05, 0.1) is 28.2 Å². The highest BCUT2D eigenvalue weighted by Crippen LogP contribution is 2.47. The number of anilines is 2. The average molecular weight is 457 g/mol. The van der Waals surface area contributed by atoms with Crippen LogP contribution in [-0.4, -0.2) is 33.1 Å². The molecule has 0 radical (unpaired) electrons. The Balaban J connectivity index is 1.45. The average Bonchev–Trinajstić information content (AvgIpc) is 3.52. The minimum Gasteiger partial charge on any atom is -0.396 e. The first-order chi connectivity index (χ1) is 15.4. The van der Waals surface area contributed by atoms with Crippen molar-refractivity contribution in [3.63, 3.8) is 0 Å². The van der Waals surface area contributed by atoms with E-state index in [9.17, 15) is 23.9 Å². The third kappa shape index (κ3) is 4.39. The van der Waals surface area contributed by atoms with E-state index in [1.807, 2.05) is 0 Å². The van der Waals surface area contributed by atoms with E-state index in [0.717, 1.165) is 6.07 Å². The van der Waals surface area contributed by atoms with E-state index in [2.05, 4.69) is 15.6 Å². The van der Waals surface area contributed by atoms with E-state index >= 15 is 0 Å². The van der Waals surface area contributed by atoms with Gasteiger partial charge in [0.2, 0.25) is 11.8 Å². The number of hydrogen-bond acceptors (Lipinski definition) is 5. The number of amides is 2. The van der Waals surface area contributed by atoms with Gasteiger partial charge in [-0.2, -0.15) is 0 Å². The molecule has 32 heavy (non-hydrogen) atoms. The van der Waals surface area contributed by atoms with Crippen LogP contribution in [0.15, 0.2) is 65.7 Å². The van der Waals surface area contributed by atoms with Crippen molar-refractivity contribution in [3.05, 3.63) is 82.1 Å². The molecule has 1 fully saturated rings. The number of nitrogens with one attached hydrogen (secondary N) is 2. The zero-order valence-corrected chi connectivity index (χ0v) is 17.3. The number of hydrogen-bond donors (Lipinski definition) is 3. The third-order valence-corrected chi connectivity index (χ3v) is 5.50. The van der Waals surface area contributed by atoms with Crippen LogP contribution in [0, 0.1) is 23.6 Å². The second-order valence-electron chi connectivity index (χ2n) is 7.31. The fraction of sp³-hybridized carbons (Fsp3) is 0.182. The van der Waals surface area contributed by atoms with Crippen LogP contribution in [0.25, 0.3) is 5.69 Å². The fourth-order valence-corrected chi connectivity index (χ4v) is 3.70. The Labute approximate surface area is 186 Å². The van der Waals surface area contributed by atoms with Crippen LogP contribution in [0.3, 0.4) is 0 Å². The van der Waals surface area contributed by atoms with Crippen molar-refractivity contribution >= 4 is 34.9 Å². The molecule has 2 aromatic heterocycles. The number of aromatic nitrogens is 2. The molecule has 8 nitrogen and oxygen atoms in total. The molecule has 164 valence electrons. The molecule has 2 amide bonds. The van der Waals surface area contributed by atoms with E-state index < -0.39 is 35.4 Å². The van der Waals surface area contributed by atoms with Gasteiger partial charge in [0.1, 0.15) is 11.6 Å². The summed E-state index contributed by atoms with van der Waals surface area (Å²) in [6.07, 6.45) is 2.87. The van der Waals surface area contributed by atoms with Crippen molar-refractivity contribution in [3.8, 4) is 5.69 Å². The summed E-state index contributed by atoms with van der Waals surface area (Å²) in [6.45, 7) is -0.372. The number of nitrogens with zero attached hydrogens (tertiary/aromatic N) is 2. The van der Waals surface area contributed by atoms with Gasteiger partial charge in [0.25, 0.3) is 5.56 Å². The Hall–Kier alpha value is -3.56. The Bertz CT molecular complexity index is 1230. The number of aliphatic hydroxyl groups excluding tert-OH is 1. The molecule has 0 bridgehead atoms. The van der Waals surface area contributed by atoms with Crippen LogP contribution in [0.2, 0.25) is 5.02 Å². The molecule has 2 heterocycles. The molecule has 1 saturated carbocycles. The minimum absolute atomic E-state index is 0.0927. The number of aliphatic hydroxyl groups is 1. The summed E-state index contributed by atoms with van der Waals surface area (Å²) in [5, 5.41) is 15.0. The van der Waals surface area contributed by atoms with Crippen molar-refractivity contribution in [2.45, 2.75) is 0 Å². The van der Waals surface area contributed by atoms with Crippen LogP contribution in [0.4, 0.5) is 15.9 Å². The highest BCUT2D eigenvalue weighted by Gasteiger charge is 2.58. The second kappa shape index (κ2) is 8.89. The Morgan fingerprint density at radius 2 is 1.84 bits per heavy atom. The molecule has 0 saturated heterocycles. The Kier molecular flexibility index (Phi) is 6.02. The Morgan fingerprint density at radius 1 is 1.09 bits per heavy atom. The number of carbonyl (C=O) groups is 2. The predicted molar refractivity (Wildman–Crippen MR) is 116 cm³/mol. The number of carbonyl (C=O) groups excluding carboxylic acids is 2. The highest BCUT2D eigenvalue weighted by atomic mass is 35.5. The fourth-order valence-electron chi connectivity index (χ4n) is 3.59. The summed E-state index contributed by atoms with van der Waals surface area (Å²) in [6, 6.07) is 11.6. The number of rotatable bonds is 6. The monoisotopic (exact) mass is 456 g/mol. The lowest BCUT2D eigenvalue weighted by molar-refractivity contribution is -0.122. The van der Waals surface area contributed by atoms with Crippen molar-refractivity contribution in [1.29, 1.82) is 0 Å². The Morgan fingerprint density at radius 3 is 2.47 bits per heavy atom. The van der Waals surface area contributed by atoms with Crippen LogP contribution in [0.1, 0.15) is 0 Å². The topological polar surface area (TPSA) is 113 Å². The lowest BCUT2D eigenvalue weighted by atomic mass is 10.2. The normalized spacial score (nSPS) is 19.3. The van der Waals surface area contributed by atoms with Gasteiger partial charge < -0.3 is 15.7 Å². The molecule has 1 aliphatic carbocycles. The zero-order valence-electron chi connectivity index (χ0n) is 16.5. The van der Waals surface area contributed by atoms with Crippen molar-refractivity contribution < 1.29 is 19.1 Å². The molecule has 1 aromatic carbocycles. The van der Waals surface area contributed by atoms with E-state index in [-0.39, 0.29) is 23.7 Å². The maximum Gasteiger partial charge on any atom is 0.255 e. The van der Waals surface area contributed by atoms with Gasteiger partial charge in [-0.1, -0.05) is 17.7 Å². The highest BCUT2D eigenvalue weighted by molar-refractivity contribution is 6.30. The molecule has 1 aliphatic rings. The van der Waals surface area contributed by atoms with Gasteiger partial charge in [-0.25, -0.2) is 9.37 Å². The molecule has 0 unspecified atom stereocenters. The van der Waals surface area contributed by atoms with Crippen LogP contribution >= 0.6 is 11.6 Å². The first-order valence-corrected chi connectivity index (χ1v) is 10.1. The lowest BCUT2D eigenvalue weighted by Crippen LogP contribution is -2.21. The molecular formula is C22H18ClFN4O4. The smallest absolute Gasteiger partial charge is 0.255 e. The van der Waals surface area contributed by atoms with Crippen LogP contribution < -0.4 is 16.2 Å². The summed E-state index contributed by atoms with van der Waals surface area (Å²) < 4.78 is 15.9. The van der Waals surface area contributed by atoms with Gasteiger partial charge in [-0.15, -0.1) is 0 Å². The number of halogens is 2. The molecule has 4 rings (SSSR count). The van der Waals surface area contributed by atoms with Crippen molar-refractivity contribution in [1.82, 2.24) is 9.55 Å². The van der Waals surface area contributed by atoms with Gasteiger partial charge in [0.15, 0.2) is 0 Å². The van der Waals surface area contributed by atoms with E-state index in [1.165, 1.54) is 41.2 Å². The quantitative estimate of drug-likeness (QED) is 0.527. The summed E-state index contributed by atoms with van der Waals surface area (Å²) in [4.78, 5) is 41.0. The van der Waals surface area contributed by atoms with Gasteiger partial charge in [-0.3, -0.25) is 19.0 Å². The van der Waals surface area contributed by atoms with E-state index in [0.29, 0.717) is 10.7 Å². The summed E-state index contributed by atoms with van der Waals surface area (Å²) in [5.74, 6) is -3.72. The van der Waals surface area contributed by atoms with E-state index in [1.54, 1.807) is 18.2 Å². The standard InChI is InChI=1S/C22H18ClFN4O4/c23-12-4-7-17(25-10-12)27-22(32)20-14(11-29)19(20)21(31)26-16-6-5-13(9-15(16)24)28-8-2-1-3-18(28)30/h1-10,14,19-20,29H,11H2,(H,26,31)(H,25,27,32)/t14-,19+,20-/m0/s1. The first kappa shape index (κ1) is 21.7.